The summed E-state index contributed by atoms with van der Waals surface area (Å²) in [5.74, 6) is -3.90. The van der Waals surface area contributed by atoms with Crippen LogP contribution in [0.1, 0.15) is 28.3 Å². The number of thiazole rings is 1. The van der Waals surface area contributed by atoms with Crippen LogP contribution in [0.3, 0.4) is 0 Å². The number of carbonyl (C=O) groups is 3. The van der Waals surface area contributed by atoms with Crippen molar-refractivity contribution >= 4 is 63.0 Å². The Bertz CT molecular complexity index is 2320. The van der Waals surface area contributed by atoms with Crippen molar-refractivity contribution in [2.45, 2.75) is 28.8 Å². The minimum absolute atomic E-state index is 0.183. The number of hydrogen-bond donors (Lipinski definition) is 2. The second-order valence-corrected chi connectivity index (χ2v) is 15.6. The molecule has 6 unspecified atom stereocenters. The molecule has 3 amide bonds. The van der Waals surface area contributed by atoms with Crippen molar-refractivity contribution in [1.82, 2.24) is 4.98 Å². The van der Waals surface area contributed by atoms with E-state index in [2.05, 4.69) is 10.3 Å². The molecule has 0 radical (unpaired) electrons. The largest absolute Gasteiger partial charge is 0.483 e. The van der Waals surface area contributed by atoms with E-state index in [0.717, 1.165) is 43.5 Å². The summed E-state index contributed by atoms with van der Waals surface area (Å²) >= 11 is 2.56. The third-order valence-electron chi connectivity index (χ3n) is 10.8. The quantitative estimate of drug-likeness (QED) is 0.178. The van der Waals surface area contributed by atoms with Crippen LogP contribution in [0, 0.1) is 29.6 Å². The standard InChI is InChI=1S/C38H28F3N3O5S2/c39-38(40,41)24-10-4-5-11-25(24)44-35(46)30-22-16-23(31(30)36(44)47)32-29(22)28(33-34(50-32)43-37(48)51-33)21-9-3-6-12-26(21)49-17-27(45)42-20-14-13-18-7-1-2-8-19(18)15-20/h1-15,22-23,28-32H,16-17H2,(H,42,45)(H,43,48)/t22?,23?,28-,29?,30?,31?,32?/m1/s1. The van der Waals surface area contributed by atoms with Gasteiger partial charge in [0.15, 0.2) is 6.61 Å². The van der Waals surface area contributed by atoms with Gasteiger partial charge in [-0.05, 0) is 65.3 Å². The average Bonchev–Trinajstić information content (AvgIpc) is 3.85. The first-order valence-electron chi connectivity index (χ1n) is 16.5. The van der Waals surface area contributed by atoms with Gasteiger partial charge in [-0.15, -0.1) is 11.8 Å². The lowest BCUT2D eigenvalue weighted by atomic mass is 9.68. The number of thioether (sulfide) groups is 1. The zero-order chi connectivity index (χ0) is 35.2. The van der Waals surface area contributed by atoms with Crippen LogP contribution in [-0.4, -0.2) is 34.6 Å². The topological polar surface area (TPSA) is 109 Å². The molecule has 3 heterocycles. The first kappa shape index (κ1) is 32.1. The second kappa shape index (κ2) is 11.8. The molecule has 1 saturated heterocycles. The van der Waals surface area contributed by atoms with Gasteiger partial charge >= 0.3 is 11.0 Å². The van der Waals surface area contributed by atoms with Crippen molar-refractivity contribution < 1.29 is 32.3 Å². The number of para-hydroxylation sites is 2. The lowest BCUT2D eigenvalue weighted by molar-refractivity contribution is -0.137. The van der Waals surface area contributed by atoms with E-state index in [4.69, 9.17) is 4.74 Å². The summed E-state index contributed by atoms with van der Waals surface area (Å²) in [6, 6.07) is 25.4. The van der Waals surface area contributed by atoms with Gasteiger partial charge in [-0.25, -0.2) is 4.90 Å². The highest BCUT2D eigenvalue weighted by Crippen LogP contribution is 2.69. The van der Waals surface area contributed by atoms with E-state index < -0.39 is 47.0 Å². The Balaban J connectivity index is 1.03. The lowest BCUT2D eigenvalue weighted by Gasteiger charge is -2.43. The summed E-state index contributed by atoms with van der Waals surface area (Å²) in [6.07, 6.45) is -4.18. The highest BCUT2D eigenvalue weighted by atomic mass is 32.2. The van der Waals surface area contributed by atoms with E-state index in [1.54, 1.807) is 12.1 Å². The number of ether oxygens (including phenoxy) is 1. The Morgan fingerprint density at radius 1 is 0.882 bits per heavy atom. The van der Waals surface area contributed by atoms with Gasteiger partial charge in [0, 0.05) is 27.3 Å². The van der Waals surface area contributed by atoms with Crippen molar-refractivity contribution in [2.24, 2.45) is 29.6 Å². The van der Waals surface area contributed by atoms with E-state index in [9.17, 15) is 32.3 Å². The maximum absolute atomic E-state index is 14.1. The molecule has 4 aromatic carbocycles. The molecular weight excluding hydrogens is 700 g/mol. The number of hydrogen-bond acceptors (Lipinski definition) is 7. The number of nitrogens with one attached hydrogen (secondary N) is 2. The number of amides is 3. The number of aromatic amines is 1. The van der Waals surface area contributed by atoms with Crippen molar-refractivity contribution in [3.8, 4) is 5.75 Å². The fraction of sp³-hybridized carbons (Fsp3) is 0.263. The number of nitrogens with zero attached hydrogens (tertiary/aromatic N) is 1. The molecule has 2 saturated carbocycles. The maximum Gasteiger partial charge on any atom is 0.418 e. The third-order valence-corrected chi connectivity index (χ3v) is 13.4. The Morgan fingerprint density at radius 3 is 2.39 bits per heavy atom. The van der Waals surface area contributed by atoms with Gasteiger partial charge in [0.25, 0.3) is 5.91 Å². The van der Waals surface area contributed by atoms with Gasteiger partial charge in [0.2, 0.25) is 11.8 Å². The molecule has 5 aromatic rings. The number of alkyl halides is 3. The highest BCUT2D eigenvalue weighted by molar-refractivity contribution is 8.00. The van der Waals surface area contributed by atoms with E-state index in [-0.39, 0.29) is 40.4 Å². The number of fused-ring (bicyclic) bond motifs is 10. The molecule has 1 aromatic heterocycles. The van der Waals surface area contributed by atoms with Crippen LogP contribution >= 0.6 is 23.1 Å². The molecule has 2 N–H and O–H groups in total. The summed E-state index contributed by atoms with van der Waals surface area (Å²) < 4.78 is 48.3. The summed E-state index contributed by atoms with van der Waals surface area (Å²) in [7, 11) is 0. The number of halogens is 3. The molecular formula is C38H28F3N3O5S2. The van der Waals surface area contributed by atoms with Gasteiger partial charge in [0.1, 0.15) is 5.75 Å². The van der Waals surface area contributed by atoms with Gasteiger partial charge in [-0.2, -0.15) is 13.2 Å². The van der Waals surface area contributed by atoms with Crippen LogP contribution in [0.15, 0.2) is 101 Å². The Hall–Kier alpha value is -4.88. The molecule has 258 valence electrons. The predicted octanol–water partition coefficient (Wildman–Crippen LogP) is 7.30. The monoisotopic (exact) mass is 727 g/mol. The summed E-state index contributed by atoms with van der Waals surface area (Å²) in [5, 5.41) is 5.42. The fourth-order valence-corrected chi connectivity index (χ4v) is 11.9. The zero-order valence-electron chi connectivity index (χ0n) is 26.6. The molecule has 2 aliphatic carbocycles. The van der Waals surface area contributed by atoms with Crippen LogP contribution in [0.2, 0.25) is 0 Å². The molecule has 3 fully saturated rings. The van der Waals surface area contributed by atoms with E-state index in [1.165, 1.54) is 30.0 Å². The molecule has 9 rings (SSSR count). The molecule has 8 nitrogen and oxygen atoms in total. The van der Waals surface area contributed by atoms with Crippen LogP contribution in [-0.2, 0) is 20.6 Å². The summed E-state index contributed by atoms with van der Waals surface area (Å²) in [6.45, 7) is -0.285. The van der Waals surface area contributed by atoms with E-state index >= 15 is 0 Å². The number of carbonyl (C=O) groups excluding carboxylic acids is 3. The molecule has 51 heavy (non-hydrogen) atoms. The number of rotatable bonds is 6. The van der Waals surface area contributed by atoms with Crippen molar-refractivity contribution in [3.05, 3.63) is 117 Å². The van der Waals surface area contributed by atoms with Gasteiger partial charge < -0.3 is 15.0 Å². The Kier molecular flexibility index (Phi) is 7.44. The lowest BCUT2D eigenvalue weighted by Crippen LogP contribution is -2.42. The zero-order valence-corrected chi connectivity index (χ0v) is 28.2. The fourth-order valence-electron chi connectivity index (χ4n) is 8.99. The normalized spacial score (nSPS) is 26.3. The predicted molar refractivity (Wildman–Crippen MR) is 187 cm³/mol. The number of H-pyrrole nitrogens is 1. The SMILES string of the molecule is O=C(COc1ccccc1[C@H]1c2sc(=O)[nH]c2SC2C3CC(C4C(=O)N(c5ccccc5C(F)(F)F)C(=O)C34)C21)Nc1ccc2ccccc2c1. The molecule has 4 aliphatic rings. The van der Waals surface area contributed by atoms with Gasteiger partial charge in [0.05, 0.1) is 28.1 Å². The highest BCUT2D eigenvalue weighted by Gasteiger charge is 2.70. The molecule has 2 bridgehead atoms. The Labute approximate surface area is 297 Å². The first-order valence-corrected chi connectivity index (χ1v) is 18.2. The first-order chi connectivity index (χ1) is 24.6. The van der Waals surface area contributed by atoms with Crippen LogP contribution in [0.25, 0.3) is 10.8 Å². The number of anilines is 2. The van der Waals surface area contributed by atoms with E-state index in [1.807, 2.05) is 54.6 Å². The minimum atomic E-state index is -4.75. The summed E-state index contributed by atoms with van der Waals surface area (Å²) in [4.78, 5) is 58.2. The van der Waals surface area contributed by atoms with Crippen molar-refractivity contribution in [1.29, 1.82) is 0 Å². The number of imide groups is 1. The van der Waals surface area contributed by atoms with Crippen LogP contribution in [0.4, 0.5) is 24.5 Å². The molecule has 7 atom stereocenters. The third kappa shape index (κ3) is 5.11. The van der Waals surface area contributed by atoms with Crippen molar-refractivity contribution in [3.63, 3.8) is 0 Å². The number of aromatic nitrogens is 1. The molecule has 0 spiro atoms. The Morgan fingerprint density at radius 2 is 1.59 bits per heavy atom. The molecule has 13 heteroatoms. The smallest absolute Gasteiger partial charge is 0.418 e. The number of benzene rings is 4. The van der Waals surface area contributed by atoms with Gasteiger partial charge in [-0.3, -0.25) is 19.2 Å². The minimum Gasteiger partial charge on any atom is -0.483 e. The maximum atomic E-state index is 14.1. The van der Waals surface area contributed by atoms with Crippen molar-refractivity contribution in [2.75, 3.05) is 16.8 Å². The van der Waals surface area contributed by atoms with Gasteiger partial charge in [-0.1, -0.05) is 72.0 Å². The van der Waals surface area contributed by atoms with Crippen LogP contribution < -0.4 is 19.8 Å². The summed E-state index contributed by atoms with van der Waals surface area (Å²) in [5.41, 5.74) is -0.101. The van der Waals surface area contributed by atoms with E-state index in [0.29, 0.717) is 22.9 Å². The second-order valence-electron chi connectivity index (χ2n) is 13.4. The average molecular weight is 728 g/mol. The molecule has 2 aliphatic heterocycles. The van der Waals surface area contributed by atoms with Crippen LogP contribution in [0.5, 0.6) is 5.75 Å².